The van der Waals surface area contributed by atoms with E-state index in [1.165, 1.54) is 11.6 Å². The Morgan fingerprint density at radius 2 is 1.94 bits per heavy atom. The summed E-state index contributed by atoms with van der Waals surface area (Å²) in [6, 6.07) is 12.9. The molecule has 1 aliphatic carbocycles. The fraction of sp³-hybridized carbons (Fsp3) is 0.321. The third-order valence-electron chi connectivity index (χ3n) is 7.82. The SMILES string of the molecule is Cn1ccc2cc(C3CCC(C(=O)CC4c5c(F)cccc5-c5cncn54)CC3)ccc2c1=O. The van der Waals surface area contributed by atoms with E-state index in [0.29, 0.717) is 17.9 Å². The number of aryl methyl sites for hydroxylation is 1. The summed E-state index contributed by atoms with van der Waals surface area (Å²) in [5.74, 6) is 0.351. The number of Topliss-reactive ketones (excluding diaryl/α,β-unsaturated/α-hetero) is 1. The Balaban J connectivity index is 1.17. The van der Waals surface area contributed by atoms with Gasteiger partial charge in [0.15, 0.2) is 0 Å². The van der Waals surface area contributed by atoms with E-state index in [9.17, 15) is 14.0 Å². The first kappa shape index (κ1) is 21.0. The number of imidazole rings is 1. The summed E-state index contributed by atoms with van der Waals surface area (Å²) >= 11 is 0. The standard InChI is InChI=1S/C28H26FN3O2/c1-31-12-11-20-13-19(9-10-21(20)28(31)34)17-5-7-18(8-6-17)26(33)14-24-27-22(3-2-4-23(27)29)25-15-30-16-32(24)25/h2-4,9-13,15-18,24H,5-8,14H2,1H3. The molecule has 0 N–H and O–H groups in total. The molecular formula is C28H26FN3O2. The fourth-order valence-electron chi connectivity index (χ4n) is 5.92. The second-order valence-electron chi connectivity index (χ2n) is 9.70. The summed E-state index contributed by atoms with van der Waals surface area (Å²) in [4.78, 5) is 29.9. The van der Waals surface area contributed by atoms with E-state index in [0.717, 1.165) is 47.7 Å². The number of hydrogen-bond donors (Lipinski definition) is 0. The van der Waals surface area contributed by atoms with Crippen molar-refractivity contribution in [2.24, 2.45) is 13.0 Å². The molecule has 1 saturated carbocycles. The number of benzene rings is 2. The van der Waals surface area contributed by atoms with Gasteiger partial charge in [0, 0.05) is 42.1 Å². The topological polar surface area (TPSA) is 56.9 Å². The van der Waals surface area contributed by atoms with E-state index in [-0.39, 0.29) is 29.1 Å². The maximum atomic E-state index is 14.7. The smallest absolute Gasteiger partial charge is 0.258 e. The highest BCUT2D eigenvalue weighted by molar-refractivity contribution is 5.84. The molecular weight excluding hydrogens is 429 g/mol. The quantitative estimate of drug-likeness (QED) is 0.415. The van der Waals surface area contributed by atoms with Crippen LogP contribution in [0.1, 0.15) is 55.2 Å². The number of halogens is 1. The van der Waals surface area contributed by atoms with Gasteiger partial charge in [0.25, 0.3) is 5.56 Å². The van der Waals surface area contributed by atoms with Crippen LogP contribution in [-0.2, 0) is 11.8 Å². The minimum Gasteiger partial charge on any atom is -0.322 e. The number of hydrogen-bond acceptors (Lipinski definition) is 3. The first-order valence-electron chi connectivity index (χ1n) is 11.9. The third kappa shape index (κ3) is 3.31. The lowest BCUT2D eigenvalue weighted by molar-refractivity contribution is -0.124. The average Bonchev–Trinajstić information content (AvgIpc) is 3.44. The second kappa shape index (κ2) is 8.05. The van der Waals surface area contributed by atoms with Crippen molar-refractivity contribution in [1.82, 2.24) is 14.1 Å². The number of nitrogens with zero attached hydrogens (tertiary/aromatic N) is 3. The van der Waals surface area contributed by atoms with E-state index in [4.69, 9.17) is 0 Å². The molecule has 0 saturated heterocycles. The zero-order valence-corrected chi connectivity index (χ0v) is 19.1. The number of carbonyl (C=O) groups is 1. The molecule has 2 aliphatic rings. The summed E-state index contributed by atoms with van der Waals surface area (Å²) in [5.41, 5.74) is 3.59. The van der Waals surface area contributed by atoms with E-state index in [1.54, 1.807) is 36.4 Å². The molecule has 172 valence electrons. The van der Waals surface area contributed by atoms with Gasteiger partial charge in [0.05, 0.1) is 24.3 Å². The van der Waals surface area contributed by atoms with Crippen LogP contribution < -0.4 is 5.56 Å². The Labute approximate surface area is 196 Å². The van der Waals surface area contributed by atoms with Crippen molar-refractivity contribution in [3.63, 3.8) is 0 Å². The summed E-state index contributed by atoms with van der Waals surface area (Å²) < 4.78 is 18.2. The van der Waals surface area contributed by atoms with Gasteiger partial charge in [-0.2, -0.15) is 0 Å². The zero-order chi connectivity index (χ0) is 23.4. The van der Waals surface area contributed by atoms with E-state index < -0.39 is 0 Å². The Kier molecular flexibility index (Phi) is 4.97. The minimum absolute atomic E-state index is 0.00629. The van der Waals surface area contributed by atoms with Crippen molar-refractivity contribution in [2.45, 2.75) is 44.1 Å². The predicted octanol–water partition coefficient (Wildman–Crippen LogP) is 5.38. The molecule has 2 aromatic heterocycles. The molecule has 0 radical (unpaired) electrons. The molecule has 1 aliphatic heterocycles. The first-order valence-corrected chi connectivity index (χ1v) is 11.9. The van der Waals surface area contributed by atoms with Crippen LogP contribution in [0.5, 0.6) is 0 Å². The summed E-state index contributed by atoms with van der Waals surface area (Å²) in [5, 5.41) is 1.71. The molecule has 5 nitrogen and oxygen atoms in total. The highest BCUT2D eigenvalue weighted by atomic mass is 19.1. The number of aromatic nitrogens is 3. The average molecular weight is 456 g/mol. The van der Waals surface area contributed by atoms with Crippen LogP contribution in [0.2, 0.25) is 0 Å². The van der Waals surface area contributed by atoms with Gasteiger partial charge in [-0.25, -0.2) is 9.37 Å². The van der Waals surface area contributed by atoms with Gasteiger partial charge in [-0.3, -0.25) is 9.59 Å². The van der Waals surface area contributed by atoms with Gasteiger partial charge in [-0.05, 0) is 60.7 Å². The van der Waals surface area contributed by atoms with E-state index in [2.05, 4.69) is 17.1 Å². The number of fused-ring (bicyclic) bond motifs is 4. The monoisotopic (exact) mass is 455 g/mol. The van der Waals surface area contributed by atoms with Gasteiger partial charge in [0.2, 0.25) is 0 Å². The van der Waals surface area contributed by atoms with Crippen molar-refractivity contribution in [3.05, 3.63) is 88.5 Å². The Hall–Kier alpha value is -3.54. The Morgan fingerprint density at radius 1 is 1.12 bits per heavy atom. The van der Waals surface area contributed by atoms with Gasteiger partial charge < -0.3 is 9.13 Å². The molecule has 0 bridgehead atoms. The number of pyridine rings is 1. The molecule has 0 spiro atoms. The summed E-state index contributed by atoms with van der Waals surface area (Å²) in [7, 11) is 1.76. The largest absolute Gasteiger partial charge is 0.322 e. The lowest BCUT2D eigenvalue weighted by atomic mass is 9.76. The first-order chi connectivity index (χ1) is 16.5. The van der Waals surface area contributed by atoms with E-state index >= 15 is 0 Å². The molecule has 1 atom stereocenters. The molecule has 1 unspecified atom stereocenters. The lowest BCUT2D eigenvalue weighted by Crippen LogP contribution is -2.24. The number of carbonyl (C=O) groups excluding carboxylic acids is 1. The molecule has 1 fully saturated rings. The van der Waals surface area contributed by atoms with Crippen molar-refractivity contribution in [3.8, 4) is 11.3 Å². The van der Waals surface area contributed by atoms with Crippen LogP contribution >= 0.6 is 0 Å². The second-order valence-corrected chi connectivity index (χ2v) is 9.70. The van der Waals surface area contributed by atoms with Crippen molar-refractivity contribution >= 4 is 16.6 Å². The molecule has 2 aromatic carbocycles. The van der Waals surface area contributed by atoms with Gasteiger partial charge in [0.1, 0.15) is 11.6 Å². The van der Waals surface area contributed by atoms with Crippen LogP contribution in [0, 0.1) is 11.7 Å². The van der Waals surface area contributed by atoms with Crippen molar-refractivity contribution in [1.29, 1.82) is 0 Å². The predicted molar refractivity (Wildman–Crippen MR) is 129 cm³/mol. The van der Waals surface area contributed by atoms with E-state index in [1.807, 2.05) is 22.8 Å². The third-order valence-corrected chi connectivity index (χ3v) is 7.82. The van der Waals surface area contributed by atoms with Gasteiger partial charge in [-0.1, -0.05) is 24.3 Å². The van der Waals surface area contributed by atoms with Gasteiger partial charge in [-0.15, -0.1) is 0 Å². The molecule has 4 aromatic rings. The molecule has 6 heteroatoms. The summed E-state index contributed by atoms with van der Waals surface area (Å²) in [6.07, 6.45) is 9.12. The molecule has 0 amide bonds. The highest BCUT2D eigenvalue weighted by Gasteiger charge is 2.35. The number of ketones is 1. The van der Waals surface area contributed by atoms with Gasteiger partial charge >= 0.3 is 0 Å². The Morgan fingerprint density at radius 3 is 2.76 bits per heavy atom. The fourth-order valence-corrected chi connectivity index (χ4v) is 5.92. The summed E-state index contributed by atoms with van der Waals surface area (Å²) in [6.45, 7) is 0. The molecule has 6 rings (SSSR count). The maximum Gasteiger partial charge on any atom is 0.258 e. The minimum atomic E-state index is -0.318. The van der Waals surface area contributed by atoms with Crippen molar-refractivity contribution < 1.29 is 9.18 Å². The number of rotatable bonds is 4. The van der Waals surface area contributed by atoms with Crippen LogP contribution in [-0.4, -0.2) is 19.9 Å². The van der Waals surface area contributed by atoms with Crippen LogP contribution in [0.3, 0.4) is 0 Å². The highest BCUT2D eigenvalue weighted by Crippen LogP contribution is 2.44. The molecule has 3 heterocycles. The van der Waals surface area contributed by atoms with Crippen LogP contribution in [0.15, 0.2) is 66.0 Å². The molecule has 34 heavy (non-hydrogen) atoms. The Bertz CT molecular complexity index is 1480. The lowest BCUT2D eigenvalue weighted by Gasteiger charge is -2.29. The maximum absolute atomic E-state index is 14.7. The van der Waals surface area contributed by atoms with Crippen LogP contribution in [0.4, 0.5) is 4.39 Å². The van der Waals surface area contributed by atoms with Crippen molar-refractivity contribution in [2.75, 3.05) is 0 Å². The zero-order valence-electron chi connectivity index (χ0n) is 19.1. The normalized spacial score (nSPS) is 21.4. The van der Waals surface area contributed by atoms with Crippen LogP contribution in [0.25, 0.3) is 22.0 Å².